The summed E-state index contributed by atoms with van der Waals surface area (Å²) in [6.45, 7) is 2.36. The Morgan fingerprint density at radius 1 is 1.47 bits per heavy atom. The van der Waals surface area contributed by atoms with E-state index in [0.717, 1.165) is 16.6 Å². The predicted molar refractivity (Wildman–Crippen MR) is 77.0 cm³/mol. The first kappa shape index (κ1) is 12.3. The van der Waals surface area contributed by atoms with Crippen LogP contribution in [0.3, 0.4) is 0 Å². The molecule has 0 aromatic carbocycles. The van der Waals surface area contributed by atoms with Gasteiger partial charge in [-0.3, -0.25) is 14.3 Å². The van der Waals surface area contributed by atoms with E-state index in [-0.39, 0.29) is 5.56 Å². The van der Waals surface area contributed by atoms with Crippen LogP contribution in [0, 0.1) is 6.92 Å². The van der Waals surface area contributed by atoms with Crippen LogP contribution in [0.15, 0.2) is 35.0 Å². The maximum absolute atomic E-state index is 12.3. The average Bonchev–Trinajstić information content (AvgIpc) is 2.78. The quantitative estimate of drug-likeness (QED) is 0.729. The van der Waals surface area contributed by atoms with Crippen LogP contribution in [0.25, 0.3) is 10.2 Å². The van der Waals surface area contributed by atoms with Gasteiger partial charge in [-0.2, -0.15) is 0 Å². The van der Waals surface area contributed by atoms with Gasteiger partial charge in [-0.05, 0) is 29.5 Å². The minimum atomic E-state index is -0.0315. The molecule has 0 aliphatic carbocycles. The van der Waals surface area contributed by atoms with E-state index in [4.69, 9.17) is 11.6 Å². The number of aryl methyl sites for hydroxylation is 1. The Morgan fingerprint density at radius 3 is 3.11 bits per heavy atom. The van der Waals surface area contributed by atoms with Crippen molar-refractivity contribution in [3.05, 3.63) is 56.7 Å². The standard InChI is InChI=1S/C13H10ClN3OS/c1-8-6-19-12-11(8)16-7-17(13(12)18)5-9-2-3-15-4-10(9)14/h2-4,6-7H,5H2,1H3. The van der Waals surface area contributed by atoms with Crippen LogP contribution in [0.4, 0.5) is 0 Å². The van der Waals surface area contributed by atoms with Crippen molar-refractivity contribution in [1.82, 2.24) is 14.5 Å². The third-order valence-electron chi connectivity index (χ3n) is 2.92. The minimum Gasteiger partial charge on any atom is -0.293 e. The Morgan fingerprint density at radius 2 is 2.32 bits per heavy atom. The molecule has 6 heteroatoms. The van der Waals surface area contributed by atoms with Crippen LogP contribution < -0.4 is 5.56 Å². The Balaban J connectivity index is 2.09. The van der Waals surface area contributed by atoms with E-state index in [1.54, 1.807) is 29.4 Å². The molecule has 4 nitrogen and oxygen atoms in total. The van der Waals surface area contributed by atoms with Gasteiger partial charge in [-0.15, -0.1) is 11.3 Å². The molecule has 0 bridgehead atoms. The first-order valence-electron chi connectivity index (χ1n) is 5.68. The first-order valence-corrected chi connectivity index (χ1v) is 6.94. The molecule has 0 spiro atoms. The fourth-order valence-corrected chi connectivity index (χ4v) is 3.02. The van der Waals surface area contributed by atoms with Crippen LogP contribution in [-0.4, -0.2) is 14.5 Å². The van der Waals surface area contributed by atoms with Gasteiger partial charge in [0.2, 0.25) is 0 Å². The summed E-state index contributed by atoms with van der Waals surface area (Å²) in [5, 5.41) is 2.50. The van der Waals surface area contributed by atoms with Gasteiger partial charge in [0.15, 0.2) is 0 Å². The molecule has 0 atom stereocenters. The monoisotopic (exact) mass is 291 g/mol. The maximum atomic E-state index is 12.3. The number of pyridine rings is 1. The highest BCUT2D eigenvalue weighted by molar-refractivity contribution is 7.17. The van der Waals surface area contributed by atoms with Crippen molar-refractivity contribution in [2.75, 3.05) is 0 Å². The van der Waals surface area contributed by atoms with Crippen molar-refractivity contribution in [2.24, 2.45) is 0 Å². The molecule has 3 rings (SSSR count). The third kappa shape index (κ3) is 2.15. The molecule has 96 valence electrons. The van der Waals surface area contributed by atoms with Crippen LogP contribution >= 0.6 is 22.9 Å². The van der Waals surface area contributed by atoms with Crippen LogP contribution in [0.2, 0.25) is 5.02 Å². The van der Waals surface area contributed by atoms with Crippen molar-refractivity contribution in [1.29, 1.82) is 0 Å². The van der Waals surface area contributed by atoms with Crippen molar-refractivity contribution in [3.8, 4) is 0 Å². The summed E-state index contributed by atoms with van der Waals surface area (Å²) in [5.74, 6) is 0. The molecule has 0 saturated heterocycles. The first-order chi connectivity index (χ1) is 9.16. The molecule has 3 heterocycles. The highest BCUT2D eigenvalue weighted by Crippen LogP contribution is 2.20. The fourth-order valence-electron chi connectivity index (χ4n) is 1.89. The van der Waals surface area contributed by atoms with E-state index in [2.05, 4.69) is 9.97 Å². The summed E-state index contributed by atoms with van der Waals surface area (Å²) in [6, 6.07) is 1.80. The van der Waals surface area contributed by atoms with E-state index in [1.165, 1.54) is 11.3 Å². The third-order valence-corrected chi connectivity index (χ3v) is 4.34. The molecule has 0 radical (unpaired) electrons. The molecule has 0 N–H and O–H groups in total. The fraction of sp³-hybridized carbons (Fsp3) is 0.154. The lowest BCUT2D eigenvalue weighted by Gasteiger charge is -2.06. The Bertz CT molecular complexity index is 809. The van der Waals surface area contributed by atoms with Crippen molar-refractivity contribution < 1.29 is 0 Å². The van der Waals surface area contributed by atoms with E-state index in [9.17, 15) is 4.79 Å². The van der Waals surface area contributed by atoms with Gasteiger partial charge in [0.1, 0.15) is 4.70 Å². The molecule has 0 saturated carbocycles. The molecule has 0 fully saturated rings. The van der Waals surface area contributed by atoms with E-state index in [0.29, 0.717) is 16.3 Å². The SMILES string of the molecule is Cc1csc2c(=O)n(Cc3ccncc3Cl)cnc12. The number of halogens is 1. The van der Waals surface area contributed by atoms with Gasteiger partial charge >= 0.3 is 0 Å². The van der Waals surface area contributed by atoms with Crippen LogP contribution in [0.5, 0.6) is 0 Å². The molecular formula is C13H10ClN3OS. The lowest BCUT2D eigenvalue weighted by Crippen LogP contribution is -2.20. The van der Waals surface area contributed by atoms with Gasteiger partial charge in [0.25, 0.3) is 5.56 Å². The zero-order valence-electron chi connectivity index (χ0n) is 10.1. The number of hydrogen-bond acceptors (Lipinski definition) is 4. The van der Waals surface area contributed by atoms with Gasteiger partial charge < -0.3 is 0 Å². The van der Waals surface area contributed by atoms with Crippen molar-refractivity contribution in [2.45, 2.75) is 13.5 Å². The summed E-state index contributed by atoms with van der Waals surface area (Å²) >= 11 is 7.48. The van der Waals surface area contributed by atoms with Gasteiger partial charge in [0.05, 0.1) is 23.4 Å². The molecule has 0 unspecified atom stereocenters. The zero-order valence-corrected chi connectivity index (χ0v) is 11.7. The van der Waals surface area contributed by atoms with Crippen LogP contribution in [0.1, 0.15) is 11.1 Å². The Kier molecular flexibility index (Phi) is 3.08. The second kappa shape index (κ2) is 4.75. The summed E-state index contributed by atoms with van der Waals surface area (Å²) in [7, 11) is 0. The van der Waals surface area contributed by atoms with Crippen molar-refractivity contribution in [3.63, 3.8) is 0 Å². The summed E-state index contributed by atoms with van der Waals surface area (Å²) in [6.07, 6.45) is 4.80. The van der Waals surface area contributed by atoms with Gasteiger partial charge in [0, 0.05) is 12.4 Å². The molecule has 0 amide bonds. The normalized spacial score (nSPS) is 11.1. The summed E-state index contributed by atoms with van der Waals surface area (Å²) < 4.78 is 2.25. The second-order valence-electron chi connectivity index (χ2n) is 4.24. The molecule has 0 aliphatic heterocycles. The number of fused-ring (bicyclic) bond motifs is 1. The lowest BCUT2D eigenvalue weighted by atomic mass is 10.2. The predicted octanol–water partition coefficient (Wildman–Crippen LogP) is 2.86. The number of aromatic nitrogens is 3. The van der Waals surface area contributed by atoms with Crippen LogP contribution in [-0.2, 0) is 6.54 Å². The Hall–Kier alpha value is -1.72. The molecule has 3 aromatic heterocycles. The number of nitrogens with zero attached hydrogens (tertiary/aromatic N) is 3. The molecule has 0 aliphatic rings. The maximum Gasteiger partial charge on any atom is 0.271 e. The minimum absolute atomic E-state index is 0.0315. The Labute approximate surface area is 118 Å². The highest BCUT2D eigenvalue weighted by Gasteiger charge is 2.09. The van der Waals surface area contributed by atoms with Gasteiger partial charge in [-0.25, -0.2) is 4.98 Å². The zero-order chi connectivity index (χ0) is 13.4. The number of hydrogen-bond donors (Lipinski definition) is 0. The molecule has 3 aromatic rings. The van der Waals surface area contributed by atoms with E-state index < -0.39 is 0 Å². The number of rotatable bonds is 2. The second-order valence-corrected chi connectivity index (χ2v) is 5.53. The highest BCUT2D eigenvalue weighted by atomic mass is 35.5. The average molecular weight is 292 g/mol. The van der Waals surface area contributed by atoms with Crippen molar-refractivity contribution >= 4 is 33.2 Å². The van der Waals surface area contributed by atoms with Gasteiger partial charge in [-0.1, -0.05) is 11.6 Å². The summed E-state index contributed by atoms with van der Waals surface area (Å²) in [5.41, 5.74) is 2.64. The van der Waals surface area contributed by atoms with E-state index in [1.807, 2.05) is 12.3 Å². The van der Waals surface area contributed by atoms with E-state index >= 15 is 0 Å². The topological polar surface area (TPSA) is 47.8 Å². The summed E-state index contributed by atoms with van der Waals surface area (Å²) in [4.78, 5) is 20.6. The largest absolute Gasteiger partial charge is 0.293 e. The number of thiophene rings is 1. The smallest absolute Gasteiger partial charge is 0.271 e. The molecule has 19 heavy (non-hydrogen) atoms. The lowest BCUT2D eigenvalue weighted by molar-refractivity contribution is 0.748. The molecular weight excluding hydrogens is 282 g/mol.